The minimum absolute atomic E-state index is 0.00379. The van der Waals surface area contributed by atoms with Crippen molar-refractivity contribution in [2.75, 3.05) is 30.5 Å². The highest BCUT2D eigenvalue weighted by Crippen LogP contribution is 2.42. The van der Waals surface area contributed by atoms with Crippen LogP contribution in [0, 0.1) is 0 Å². The molecule has 3 aromatic carbocycles. The predicted molar refractivity (Wildman–Crippen MR) is 143 cm³/mol. The summed E-state index contributed by atoms with van der Waals surface area (Å²) in [6.07, 6.45) is 2.02. The number of aromatic nitrogens is 1. The second-order valence-electron chi connectivity index (χ2n) is 8.60. The van der Waals surface area contributed by atoms with Crippen molar-refractivity contribution in [3.8, 4) is 11.1 Å². The van der Waals surface area contributed by atoms with E-state index in [2.05, 4.69) is 63.7 Å². The Hall–Kier alpha value is -3.09. The number of benzene rings is 3. The second kappa shape index (κ2) is 9.28. The Morgan fingerprint density at radius 3 is 2.53 bits per heavy atom. The van der Waals surface area contributed by atoms with Crippen molar-refractivity contribution >= 4 is 51.6 Å². The highest BCUT2D eigenvalue weighted by molar-refractivity contribution is 7.99. The van der Waals surface area contributed by atoms with Crippen LogP contribution in [0.25, 0.3) is 22.0 Å². The first-order chi connectivity index (χ1) is 16.4. The molecule has 1 aliphatic rings. The van der Waals surface area contributed by atoms with Crippen LogP contribution in [0.5, 0.6) is 0 Å². The number of nitrogens with one attached hydrogen (secondary N) is 2. The molecule has 1 unspecified atom stereocenters. The van der Waals surface area contributed by atoms with Crippen LogP contribution in [0.4, 0.5) is 11.4 Å². The quantitative estimate of drug-likeness (QED) is 0.273. The van der Waals surface area contributed by atoms with Gasteiger partial charge >= 0.3 is 5.97 Å². The lowest BCUT2D eigenvalue weighted by Crippen LogP contribution is -2.08. The van der Waals surface area contributed by atoms with Crippen LogP contribution < -0.4 is 10.6 Å². The molecule has 2 heterocycles. The van der Waals surface area contributed by atoms with E-state index in [0.717, 1.165) is 56.3 Å². The van der Waals surface area contributed by atoms with E-state index in [9.17, 15) is 9.90 Å². The van der Waals surface area contributed by atoms with Crippen LogP contribution in [-0.4, -0.2) is 35.5 Å². The molecule has 4 aromatic rings. The first kappa shape index (κ1) is 22.7. The standard InChI is InChI=1S/C27H26ClN3O2S/c1-29-21-7-17(8-22(12-21)30-2)16-3-5-23-18(10-27(32)33)13-31(25(23)9-16)14-19-15-34-26-6-4-20(28)11-24(19)26/h3-9,11-13,19,29-30H,10,14-15H2,1-2H3,(H,32,33). The first-order valence-corrected chi connectivity index (χ1v) is 12.6. The number of thioether (sulfide) groups is 1. The smallest absolute Gasteiger partial charge is 0.307 e. The SMILES string of the molecule is CNc1cc(NC)cc(-c2ccc3c(CC(=O)O)cn(CC4CSc5ccc(Cl)cc54)c3c2)c1. The number of anilines is 2. The van der Waals surface area contributed by atoms with Crippen molar-refractivity contribution in [1.29, 1.82) is 0 Å². The van der Waals surface area contributed by atoms with Crippen molar-refractivity contribution in [2.24, 2.45) is 0 Å². The van der Waals surface area contributed by atoms with Gasteiger partial charge in [-0.15, -0.1) is 11.8 Å². The number of carbonyl (C=O) groups is 1. The lowest BCUT2D eigenvalue weighted by Gasteiger charge is -2.14. The van der Waals surface area contributed by atoms with Gasteiger partial charge in [-0.25, -0.2) is 0 Å². The van der Waals surface area contributed by atoms with Crippen molar-refractivity contribution in [2.45, 2.75) is 23.8 Å². The number of hydrogen-bond donors (Lipinski definition) is 3. The van der Waals surface area contributed by atoms with Gasteiger partial charge < -0.3 is 20.3 Å². The van der Waals surface area contributed by atoms with E-state index in [1.54, 1.807) is 0 Å². The largest absolute Gasteiger partial charge is 0.481 e. The van der Waals surface area contributed by atoms with Gasteiger partial charge in [0.2, 0.25) is 0 Å². The number of halogens is 1. The summed E-state index contributed by atoms with van der Waals surface area (Å²) in [6, 6.07) is 18.7. The van der Waals surface area contributed by atoms with Gasteiger partial charge in [-0.1, -0.05) is 23.7 Å². The van der Waals surface area contributed by atoms with Crippen LogP contribution in [0.1, 0.15) is 17.0 Å². The minimum atomic E-state index is -0.822. The number of carboxylic acids is 1. The maximum absolute atomic E-state index is 11.6. The minimum Gasteiger partial charge on any atom is -0.481 e. The first-order valence-electron chi connectivity index (χ1n) is 11.2. The third-order valence-corrected chi connectivity index (χ3v) is 7.91. The fourth-order valence-electron chi connectivity index (χ4n) is 4.72. The molecular weight excluding hydrogens is 466 g/mol. The summed E-state index contributed by atoms with van der Waals surface area (Å²) in [5.41, 5.74) is 7.41. The lowest BCUT2D eigenvalue weighted by molar-refractivity contribution is -0.136. The summed E-state index contributed by atoms with van der Waals surface area (Å²) in [5, 5.41) is 17.7. The Morgan fingerprint density at radius 1 is 1.06 bits per heavy atom. The molecule has 1 atom stereocenters. The molecule has 0 spiro atoms. The molecule has 1 aliphatic heterocycles. The normalized spacial score (nSPS) is 14.9. The average molecular weight is 492 g/mol. The molecule has 7 heteroatoms. The van der Waals surface area contributed by atoms with Gasteiger partial charge in [0.25, 0.3) is 0 Å². The van der Waals surface area contributed by atoms with Crippen LogP contribution >= 0.6 is 23.4 Å². The van der Waals surface area contributed by atoms with Gasteiger partial charge in [0.1, 0.15) is 0 Å². The van der Waals surface area contributed by atoms with Crippen molar-refractivity contribution in [3.63, 3.8) is 0 Å². The summed E-state index contributed by atoms with van der Waals surface area (Å²) >= 11 is 8.15. The van der Waals surface area contributed by atoms with E-state index in [0.29, 0.717) is 5.92 Å². The maximum Gasteiger partial charge on any atom is 0.307 e. The molecule has 0 radical (unpaired) electrons. The predicted octanol–water partition coefficient (Wildman–Crippen LogP) is 6.56. The van der Waals surface area contributed by atoms with E-state index >= 15 is 0 Å². The van der Waals surface area contributed by atoms with Gasteiger partial charge in [0.15, 0.2) is 0 Å². The average Bonchev–Trinajstić information content (AvgIpc) is 3.39. The summed E-state index contributed by atoms with van der Waals surface area (Å²) in [7, 11) is 3.82. The molecule has 174 valence electrons. The van der Waals surface area contributed by atoms with Crippen LogP contribution in [0.15, 0.2) is 65.7 Å². The second-order valence-corrected chi connectivity index (χ2v) is 10.1. The third-order valence-electron chi connectivity index (χ3n) is 6.42. The van der Waals surface area contributed by atoms with Crippen LogP contribution in [-0.2, 0) is 17.8 Å². The molecule has 34 heavy (non-hydrogen) atoms. The maximum atomic E-state index is 11.6. The van der Waals surface area contributed by atoms with Gasteiger partial charge in [0.05, 0.1) is 6.42 Å². The van der Waals surface area contributed by atoms with Crippen molar-refractivity contribution in [3.05, 3.63) is 76.9 Å². The fraction of sp³-hybridized carbons (Fsp3) is 0.222. The summed E-state index contributed by atoms with van der Waals surface area (Å²) in [6.45, 7) is 0.776. The van der Waals surface area contributed by atoms with E-state index in [1.807, 2.05) is 38.1 Å². The van der Waals surface area contributed by atoms with Gasteiger partial charge in [-0.05, 0) is 64.7 Å². The van der Waals surface area contributed by atoms with Gasteiger partial charge in [-0.2, -0.15) is 0 Å². The molecule has 0 amide bonds. The molecule has 0 aliphatic carbocycles. The van der Waals surface area contributed by atoms with Crippen molar-refractivity contribution < 1.29 is 9.90 Å². The molecule has 5 rings (SSSR count). The summed E-state index contributed by atoms with van der Waals surface area (Å²) in [4.78, 5) is 12.8. The molecular formula is C27H26ClN3O2S. The molecule has 0 saturated carbocycles. The molecule has 0 fully saturated rings. The van der Waals surface area contributed by atoms with Crippen molar-refractivity contribution in [1.82, 2.24) is 4.57 Å². The number of aliphatic carboxylic acids is 1. The molecule has 3 N–H and O–H groups in total. The topological polar surface area (TPSA) is 66.3 Å². The highest BCUT2D eigenvalue weighted by Gasteiger charge is 2.25. The summed E-state index contributed by atoms with van der Waals surface area (Å²) < 4.78 is 2.22. The molecule has 1 aromatic heterocycles. The Morgan fingerprint density at radius 2 is 1.82 bits per heavy atom. The third kappa shape index (κ3) is 4.36. The zero-order chi connectivity index (χ0) is 23.8. The molecule has 5 nitrogen and oxygen atoms in total. The highest BCUT2D eigenvalue weighted by atomic mass is 35.5. The fourth-order valence-corrected chi connectivity index (χ4v) is 6.13. The van der Waals surface area contributed by atoms with E-state index in [-0.39, 0.29) is 6.42 Å². The van der Waals surface area contributed by atoms with Gasteiger partial charge in [-0.3, -0.25) is 4.79 Å². The summed E-state index contributed by atoms with van der Waals surface area (Å²) in [5.74, 6) is 0.482. The van der Waals surface area contributed by atoms with Crippen LogP contribution in [0.2, 0.25) is 5.02 Å². The number of carboxylic acid groups (broad SMARTS) is 1. The lowest BCUT2D eigenvalue weighted by atomic mass is 10.0. The molecule has 0 saturated heterocycles. The number of rotatable bonds is 7. The molecule has 0 bridgehead atoms. The zero-order valence-electron chi connectivity index (χ0n) is 19.1. The Balaban J connectivity index is 1.59. The van der Waals surface area contributed by atoms with E-state index in [4.69, 9.17) is 11.6 Å². The van der Waals surface area contributed by atoms with Gasteiger partial charge in [0, 0.05) is 70.7 Å². The van der Waals surface area contributed by atoms with E-state index < -0.39 is 5.97 Å². The Bertz CT molecular complexity index is 1380. The number of nitrogens with zero attached hydrogens (tertiary/aromatic N) is 1. The number of hydrogen-bond acceptors (Lipinski definition) is 4. The monoisotopic (exact) mass is 491 g/mol. The van der Waals surface area contributed by atoms with E-state index in [1.165, 1.54) is 10.5 Å². The number of fused-ring (bicyclic) bond motifs is 2. The zero-order valence-corrected chi connectivity index (χ0v) is 20.6. The Kier molecular flexibility index (Phi) is 6.19. The Labute approximate surface area is 208 Å². The van der Waals surface area contributed by atoms with Crippen LogP contribution in [0.3, 0.4) is 0 Å².